The van der Waals surface area contributed by atoms with Crippen LogP contribution in [0.15, 0.2) is 53.5 Å². The van der Waals surface area contributed by atoms with Gasteiger partial charge in [0.05, 0.1) is 24.1 Å². The van der Waals surface area contributed by atoms with Crippen molar-refractivity contribution < 1.29 is 19.0 Å². The van der Waals surface area contributed by atoms with Gasteiger partial charge in [0.25, 0.3) is 0 Å². The van der Waals surface area contributed by atoms with Gasteiger partial charge in [-0.25, -0.2) is 4.79 Å². The lowest BCUT2D eigenvalue weighted by Crippen LogP contribution is -2.18. The van der Waals surface area contributed by atoms with E-state index in [-0.39, 0.29) is 12.2 Å². The van der Waals surface area contributed by atoms with E-state index in [1.165, 1.54) is 6.20 Å². The van der Waals surface area contributed by atoms with Crippen LogP contribution in [0.1, 0.15) is 29.8 Å². The van der Waals surface area contributed by atoms with Crippen LogP contribution in [0, 0.1) is 0 Å². The smallest absolute Gasteiger partial charge is 0.343 e. The van der Waals surface area contributed by atoms with E-state index in [1.54, 1.807) is 19.1 Å². The maximum atomic E-state index is 12.7. The van der Waals surface area contributed by atoms with Gasteiger partial charge in [-0.3, -0.25) is 4.79 Å². The highest BCUT2D eigenvalue weighted by Gasteiger charge is 2.17. The van der Waals surface area contributed by atoms with Crippen LogP contribution in [-0.4, -0.2) is 24.2 Å². The fraction of sp³-hybridized carbons (Fsp3) is 0.238. The first-order chi connectivity index (χ1) is 13.1. The Balaban J connectivity index is 1.99. The average molecular weight is 367 g/mol. The second kappa shape index (κ2) is 8.40. The van der Waals surface area contributed by atoms with Crippen LogP contribution >= 0.6 is 0 Å². The molecule has 6 nitrogen and oxygen atoms in total. The highest BCUT2D eigenvalue weighted by Crippen LogP contribution is 2.31. The number of H-pyrrole nitrogens is 1. The lowest BCUT2D eigenvalue weighted by molar-refractivity contribution is 0.0524. The highest BCUT2D eigenvalue weighted by atomic mass is 16.5. The van der Waals surface area contributed by atoms with Gasteiger partial charge in [0, 0.05) is 12.3 Å². The molecule has 1 aromatic heterocycles. The average Bonchev–Trinajstić information content (AvgIpc) is 2.68. The zero-order chi connectivity index (χ0) is 19.2. The summed E-state index contributed by atoms with van der Waals surface area (Å²) in [6.07, 6.45) is 1.37. The van der Waals surface area contributed by atoms with Crippen LogP contribution in [-0.2, 0) is 11.3 Å². The van der Waals surface area contributed by atoms with Crippen LogP contribution in [0.25, 0.3) is 10.9 Å². The molecule has 3 rings (SSSR count). The molecule has 6 heteroatoms. The molecule has 0 saturated heterocycles. The van der Waals surface area contributed by atoms with E-state index >= 15 is 0 Å². The summed E-state index contributed by atoms with van der Waals surface area (Å²) in [7, 11) is 0. The number of hydrogen-bond acceptors (Lipinski definition) is 5. The second-order valence-corrected chi connectivity index (χ2v) is 5.80. The molecule has 3 aromatic rings. The second-order valence-electron chi connectivity index (χ2n) is 5.80. The van der Waals surface area contributed by atoms with Crippen LogP contribution in [0.3, 0.4) is 0 Å². The topological polar surface area (TPSA) is 77.6 Å². The molecule has 0 unspecified atom stereocenters. The quantitative estimate of drug-likeness (QED) is 0.645. The van der Waals surface area contributed by atoms with Crippen molar-refractivity contribution in [3.63, 3.8) is 0 Å². The summed E-state index contributed by atoms with van der Waals surface area (Å²) in [6.45, 7) is 4.54. The minimum absolute atomic E-state index is 0.0373. The molecular formula is C21H21NO5. The lowest BCUT2D eigenvalue weighted by Gasteiger charge is -2.13. The Bertz CT molecular complexity index is 995. The molecule has 1 N–H and O–H groups in total. The summed E-state index contributed by atoms with van der Waals surface area (Å²) in [6, 6.07) is 13.1. The number of hydrogen-bond donors (Lipinski definition) is 1. The highest BCUT2D eigenvalue weighted by molar-refractivity contribution is 5.94. The summed E-state index contributed by atoms with van der Waals surface area (Å²) in [5.74, 6) is 0.322. The van der Waals surface area contributed by atoms with Crippen molar-refractivity contribution in [3.8, 4) is 11.5 Å². The van der Waals surface area contributed by atoms with Gasteiger partial charge >= 0.3 is 5.97 Å². The zero-order valence-electron chi connectivity index (χ0n) is 15.3. The monoisotopic (exact) mass is 367 g/mol. The zero-order valence-corrected chi connectivity index (χ0v) is 15.3. The molecule has 0 aliphatic rings. The normalized spacial score (nSPS) is 10.6. The SMILES string of the molecule is CCOC(=O)c1c[nH]c2cc(OCc3ccccc3)c(OCC)cc2c1=O. The molecule has 0 aliphatic carbocycles. The van der Waals surface area contributed by atoms with Crippen molar-refractivity contribution in [1.82, 2.24) is 4.98 Å². The number of rotatable bonds is 7. The predicted molar refractivity (Wildman–Crippen MR) is 102 cm³/mol. The number of nitrogens with one attached hydrogen (secondary N) is 1. The molecule has 140 valence electrons. The molecule has 0 aliphatic heterocycles. The van der Waals surface area contributed by atoms with Gasteiger partial charge in [-0.15, -0.1) is 0 Å². The number of aromatic amines is 1. The Morgan fingerprint density at radius 3 is 2.44 bits per heavy atom. The summed E-state index contributed by atoms with van der Waals surface area (Å²) in [4.78, 5) is 27.6. The van der Waals surface area contributed by atoms with Crippen LogP contribution in [0.4, 0.5) is 0 Å². The Morgan fingerprint density at radius 2 is 1.74 bits per heavy atom. The summed E-state index contributed by atoms with van der Waals surface area (Å²) >= 11 is 0. The van der Waals surface area contributed by atoms with E-state index in [1.807, 2.05) is 37.3 Å². The van der Waals surface area contributed by atoms with Gasteiger partial charge in [0.15, 0.2) is 11.5 Å². The number of pyridine rings is 1. The van der Waals surface area contributed by atoms with E-state index in [0.717, 1.165) is 5.56 Å². The molecule has 0 amide bonds. The first-order valence-electron chi connectivity index (χ1n) is 8.80. The molecule has 0 bridgehead atoms. The first kappa shape index (κ1) is 18.5. The van der Waals surface area contributed by atoms with Crippen molar-refractivity contribution in [2.45, 2.75) is 20.5 Å². The van der Waals surface area contributed by atoms with Gasteiger partial charge in [0.1, 0.15) is 12.2 Å². The number of carbonyl (C=O) groups is 1. The van der Waals surface area contributed by atoms with Crippen molar-refractivity contribution in [2.24, 2.45) is 0 Å². The number of esters is 1. The number of aromatic nitrogens is 1. The van der Waals surface area contributed by atoms with Crippen molar-refractivity contribution >= 4 is 16.9 Å². The third-order valence-corrected chi connectivity index (χ3v) is 3.98. The fourth-order valence-electron chi connectivity index (χ4n) is 2.70. The van der Waals surface area contributed by atoms with Gasteiger partial charge in [-0.1, -0.05) is 30.3 Å². The van der Waals surface area contributed by atoms with Crippen LogP contribution < -0.4 is 14.9 Å². The Hall–Kier alpha value is -3.28. The third-order valence-electron chi connectivity index (χ3n) is 3.98. The molecule has 27 heavy (non-hydrogen) atoms. The van der Waals surface area contributed by atoms with Gasteiger partial charge < -0.3 is 19.2 Å². The van der Waals surface area contributed by atoms with Gasteiger partial charge in [0.2, 0.25) is 5.43 Å². The Kier molecular flexibility index (Phi) is 5.76. The number of carbonyl (C=O) groups excluding carboxylic acids is 1. The molecule has 0 fully saturated rings. The number of ether oxygens (including phenoxy) is 3. The van der Waals surface area contributed by atoms with E-state index in [2.05, 4.69) is 4.98 Å². The van der Waals surface area contributed by atoms with E-state index < -0.39 is 11.4 Å². The molecule has 0 radical (unpaired) electrons. The van der Waals surface area contributed by atoms with Crippen LogP contribution in [0.5, 0.6) is 11.5 Å². The summed E-state index contributed by atoms with van der Waals surface area (Å²) in [5.41, 5.74) is 1.13. The van der Waals surface area contributed by atoms with E-state index in [0.29, 0.717) is 35.6 Å². The van der Waals surface area contributed by atoms with Gasteiger partial charge in [-0.05, 0) is 25.5 Å². The standard InChI is InChI=1S/C21H21NO5/c1-3-25-18-10-15-17(22-12-16(20(15)23)21(24)26-4-2)11-19(18)27-13-14-8-6-5-7-9-14/h5-12H,3-4,13H2,1-2H3,(H,22,23). The Morgan fingerprint density at radius 1 is 1.00 bits per heavy atom. The van der Waals surface area contributed by atoms with Crippen molar-refractivity contribution in [1.29, 1.82) is 0 Å². The largest absolute Gasteiger partial charge is 0.490 e. The van der Waals surface area contributed by atoms with Crippen molar-refractivity contribution in [3.05, 3.63) is 70.0 Å². The molecule has 0 saturated carbocycles. The third kappa shape index (κ3) is 4.11. The number of fused-ring (bicyclic) bond motifs is 1. The molecule has 0 atom stereocenters. The van der Waals surface area contributed by atoms with E-state index in [4.69, 9.17) is 14.2 Å². The maximum Gasteiger partial charge on any atom is 0.343 e. The van der Waals surface area contributed by atoms with E-state index in [9.17, 15) is 9.59 Å². The minimum Gasteiger partial charge on any atom is -0.490 e. The predicted octanol–water partition coefficient (Wildman–Crippen LogP) is 3.68. The summed E-state index contributed by atoms with van der Waals surface area (Å²) < 4.78 is 16.5. The van der Waals surface area contributed by atoms with Crippen molar-refractivity contribution in [2.75, 3.05) is 13.2 Å². The minimum atomic E-state index is -0.650. The molecule has 1 heterocycles. The Labute approximate surface area is 156 Å². The fourth-order valence-corrected chi connectivity index (χ4v) is 2.70. The molecular weight excluding hydrogens is 346 g/mol. The first-order valence-corrected chi connectivity index (χ1v) is 8.80. The van der Waals surface area contributed by atoms with Gasteiger partial charge in [-0.2, -0.15) is 0 Å². The number of benzene rings is 2. The molecule has 0 spiro atoms. The molecule has 2 aromatic carbocycles. The van der Waals surface area contributed by atoms with Crippen LogP contribution in [0.2, 0.25) is 0 Å². The lowest BCUT2D eigenvalue weighted by atomic mass is 10.1. The maximum absolute atomic E-state index is 12.7. The summed E-state index contributed by atoms with van der Waals surface area (Å²) in [5, 5.41) is 0.344.